The Morgan fingerprint density at radius 3 is 2.41 bits per heavy atom. The minimum atomic E-state index is 0.229. The first kappa shape index (κ1) is 21.4. The summed E-state index contributed by atoms with van der Waals surface area (Å²) in [6, 6.07) is 0. The lowest BCUT2D eigenvalue weighted by atomic mass is 9.45. The second kappa shape index (κ2) is 7.69. The topological polar surface area (TPSA) is 17.1 Å². The zero-order valence-electron chi connectivity index (χ0n) is 19.8. The summed E-state index contributed by atoms with van der Waals surface area (Å²) in [5.74, 6) is 5.87. The molecule has 1 nitrogen and oxygen atoms in total. The quantitative estimate of drug-likeness (QED) is 0.450. The number of fused-ring (bicyclic) bond motifs is 5. The van der Waals surface area contributed by atoms with Crippen molar-refractivity contribution in [2.24, 2.45) is 58.2 Å². The molecule has 29 heavy (non-hydrogen) atoms. The van der Waals surface area contributed by atoms with Crippen LogP contribution in [-0.4, -0.2) is 5.78 Å². The number of ketones is 1. The van der Waals surface area contributed by atoms with E-state index in [1.54, 1.807) is 0 Å². The predicted molar refractivity (Wildman–Crippen MR) is 122 cm³/mol. The number of hydrogen-bond donors (Lipinski definition) is 0. The molecule has 0 aromatic heterocycles. The molecule has 0 saturated heterocycles. The highest BCUT2D eigenvalue weighted by Crippen LogP contribution is 2.67. The monoisotopic (exact) mass is 396 g/mol. The molecule has 3 saturated carbocycles. The van der Waals surface area contributed by atoms with Crippen LogP contribution in [0.1, 0.15) is 86.5 Å². The minimum Gasteiger partial charge on any atom is -0.299 e. The van der Waals surface area contributed by atoms with Crippen LogP contribution in [0.25, 0.3) is 0 Å². The van der Waals surface area contributed by atoms with Crippen molar-refractivity contribution in [2.75, 3.05) is 0 Å². The van der Waals surface area contributed by atoms with E-state index >= 15 is 0 Å². The maximum Gasteiger partial charge on any atom is 0.137 e. The van der Waals surface area contributed by atoms with Gasteiger partial charge in [-0.15, -0.1) is 0 Å². The molecule has 4 aliphatic carbocycles. The van der Waals surface area contributed by atoms with Gasteiger partial charge in [-0.25, -0.2) is 0 Å². The van der Waals surface area contributed by atoms with Crippen LogP contribution < -0.4 is 0 Å². The molecule has 0 spiro atoms. The van der Waals surface area contributed by atoms with E-state index in [0.717, 1.165) is 37.0 Å². The Morgan fingerprint density at radius 1 is 0.966 bits per heavy atom. The van der Waals surface area contributed by atoms with Gasteiger partial charge in [0.1, 0.15) is 5.78 Å². The smallest absolute Gasteiger partial charge is 0.137 e. The molecular formula is C28H44O. The average molecular weight is 397 g/mol. The lowest BCUT2D eigenvalue weighted by Crippen LogP contribution is -2.55. The summed E-state index contributed by atoms with van der Waals surface area (Å²) >= 11 is 0. The third-order valence-electron chi connectivity index (χ3n) is 10.5. The van der Waals surface area contributed by atoms with Crippen molar-refractivity contribution in [1.29, 1.82) is 0 Å². The molecule has 0 aromatic rings. The molecule has 0 radical (unpaired) electrons. The van der Waals surface area contributed by atoms with Gasteiger partial charge in [-0.3, -0.25) is 4.79 Å². The fourth-order valence-corrected chi connectivity index (χ4v) is 8.27. The number of allylic oxidation sites excluding steroid dienone is 4. The number of rotatable bonds is 4. The SMILES string of the molecule is CC(C)C(C)C=CC(C)[C@H]1CC[C@H]2[C@@H]3CC(=O)C4CC=CC[C@]4(C)[C@H]3CC[C@]12C. The fraction of sp³-hybridized carbons (Fsp3) is 0.821. The summed E-state index contributed by atoms with van der Waals surface area (Å²) in [5.41, 5.74) is 0.659. The van der Waals surface area contributed by atoms with Gasteiger partial charge in [0, 0.05) is 12.3 Å². The van der Waals surface area contributed by atoms with Crippen LogP contribution in [0.15, 0.2) is 24.3 Å². The van der Waals surface area contributed by atoms with Crippen LogP contribution in [0.3, 0.4) is 0 Å². The van der Waals surface area contributed by atoms with Crippen LogP contribution in [0.4, 0.5) is 0 Å². The largest absolute Gasteiger partial charge is 0.299 e. The van der Waals surface area contributed by atoms with Crippen molar-refractivity contribution >= 4 is 5.78 Å². The molecule has 3 unspecified atom stereocenters. The van der Waals surface area contributed by atoms with E-state index in [0.29, 0.717) is 40.8 Å². The molecule has 0 N–H and O–H groups in total. The third-order valence-corrected chi connectivity index (χ3v) is 10.5. The summed E-state index contributed by atoms with van der Waals surface area (Å²) in [4.78, 5) is 13.2. The summed E-state index contributed by atoms with van der Waals surface area (Å²) in [7, 11) is 0. The molecule has 4 aliphatic rings. The van der Waals surface area contributed by atoms with Gasteiger partial charge in [0.25, 0.3) is 0 Å². The molecule has 3 fully saturated rings. The first-order valence-electron chi connectivity index (χ1n) is 12.5. The van der Waals surface area contributed by atoms with E-state index in [-0.39, 0.29) is 5.41 Å². The van der Waals surface area contributed by atoms with Crippen molar-refractivity contribution in [3.05, 3.63) is 24.3 Å². The Bertz CT molecular complexity index is 686. The van der Waals surface area contributed by atoms with E-state index < -0.39 is 0 Å². The Balaban J connectivity index is 1.55. The molecular weight excluding hydrogens is 352 g/mol. The molecule has 0 aromatic carbocycles. The van der Waals surface area contributed by atoms with Gasteiger partial charge in [-0.1, -0.05) is 65.8 Å². The van der Waals surface area contributed by atoms with E-state index in [4.69, 9.17) is 0 Å². The van der Waals surface area contributed by atoms with E-state index in [1.165, 1.54) is 25.7 Å². The molecule has 4 rings (SSSR count). The summed E-state index contributed by atoms with van der Waals surface area (Å²) in [5, 5.41) is 0. The molecule has 0 heterocycles. The minimum absolute atomic E-state index is 0.229. The van der Waals surface area contributed by atoms with Gasteiger partial charge in [0.2, 0.25) is 0 Å². The molecule has 9 atom stereocenters. The molecule has 0 bridgehead atoms. The first-order valence-corrected chi connectivity index (χ1v) is 12.5. The highest BCUT2D eigenvalue weighted by molar-refractivity contribution is 5.83. The molecule has 0 aliphatic heterocycles. The number of carbonyl (C=O) groups excluding carboxylic acids is 1. The van der Waals surface area contributed by atoms with E-state index in [1.807, 2.05) is 0 Å². The van der Waals surface area contributed by atoms with Gasteiger partial charge in [-0.05, 0) is 90.8 Å². The zero-order chi connectivity index (χ0) is 21.0. The average Bonchev–Trinajstić information content (AvgIpc) is 3.03. The molecule has 0 amide bonds. The van der Waals surface area contributed by atoms with Crippen molar-refractivity contribution in [1.82, 2.24) is 0 Å². The Hall–Kier alpha value is -0.850. The van der Waals surface area contributed by atoms with Crippen molar-refractivity contribution in [3.63, 3.8) is 0 Å². The summed E-state index contributed by atoms with van der Waals surface area (Å²) < 4.78 is 0. The van der Waals surface area contributed by atoms with Gasteiger partial charge in [-0.2, -0.15) is 0 Å². The third kappa shape index (κ3) is 3.39. The number of carbonyl (C=O) groups is 1. The van der Waals surface area contributed by atoms with E-state index in [2.05, 4.69) is 65.8 Å². The van der Waals surface area contributed by atoms with Crippen LogP contribution in [0.5, 0.6) is 0 Å². The maximum absolute atomic E-state index is 13.2. The highest BCUT2D eigenvalue weighted by atomic mass is 16.1. The second-order valence-corrected chi connectivity index (χ2v) is 12.1. The molecule has 1 heteroatoms. The fourth-order valence-electron chi connectivity index (χ4n) is 8.27. The van der Waals surface area contributed by atoms with Gasteiger partial charge in [0.05, 0.1) is 0 Å². The Morgan fingerprint density at radius 2 is 1.69 bits per heavy atom. The Kier molecular flexibility index (Phi) is 5.67. The zero-order valence-corrected chi connectivity index (χ0v) is 19.8. The highest BCUT2D eigenvalue weighted by Gasteiger charge is 2.61. The number of Topliss-reactive ketones (excluding diaryl/α,β-unsaturated/α-hetero) is 1. The molecule has 162 valence electrons. The van der Waals surface area contributed by atoms with Gasteiger partial charge in [0.15, 0.2) is 0 Å². The van der Waals surface area contributed by atoms with Crippen LogP contribution >= 0.6 is 0 Å². The summed E-state index contributed by atoms with van der Waals surface area (Å²) in [6.45, 7) is 14.5. The predicted octanol–water partition coefficient (Wildman–Crippen LogP) is 7.47. The van der Waals surface area contributed by atoms with Crippen molar-refractivity contribution in [2.45, 2.75) is 86.5 Å². The van der Waals surface area contributed by atoms with Gasteiger partial charge < -0.3 is 0 Å². The normalized spacial score (nSPS) is 46.4. The lowest BCUT2D eigenvalue weighted by Gasteiger charge is -2.59. The lowest BCUT2D eigenvalue weighted by molar-refractivity contribution is -0.149. The first-order chi connectivity index (χ1) is 13.7. The van der Waals surface area contributed by atoms with Gasteiger partial charge >= 0.3 is 0 Å². The Labute approximate surface area is 179 Å². The second-order valence-electron chi connectivity index (χ2n) is 12.1. The maximum atomic E-state index is 13.2. The summed E-state index contributed by atoms with van der Waals surface area (Å²) in [6.07, 6.45) is 18.1. The van der Waals surface area contributed by atoms with E-state index in [9.17, 15) is 4.79 Å². The standard InChI is InChI=1S/C28H44O/c1-18(2)19(3)10-11-20(4)22-12-13-23-21-17-26(29)25-9-7-8-15-27(25,5)24(21)14-16-28(22,23)6/h7-8,10-11,18-25H,9,12-17H2,1-6H3/t19?,20?,21-,22+,23-,24-,25?,27+,28+/m0/s1. The van der Waals surface area contributed by atoms with Crippen LogP contribution in [0.2, 0.25) is 0 Å². The van der Waals surface area contributed by atoms with Crippen LogP contribution in [0, 0.1) is 58.2 Å². The van der Waals surface area contributed by atoms with Crippen LogP contribution in [-0.2, 0) is 4.79 Å². The van der Waals surface area contributed by atoms with Crippen molar-refractivity contribution in [3.8, 4) is 0 Å². The van der Waals surface area contributed by atoms with Crippen molar-refractivity contribution < 1.29 is 4.79 Å². The number of hydrogen-bond acceptors (Lipinski definition) is 1.